The Morgan fingerprint density at radius 3 is 2.41 bits per heavy atom. The first-order chi connectivity index (χ1) is 17.2. The number of likely N-dealkylation sites (tertiary alicyclic amines) is 1. The fourth-order valence-electron chi connectivity index (χ4n) is 3.85. The van der Waals surface area contributed by atoms with Gasteiger partial charge in [0.05, 0.1) is 19.2 Å². The van der Waals surface area contributed by atoms with Crippen LogP contribution < -0.4 is 15.8 Å². The number of pyridine rings is 1. The Morgan fingerprint density at radius 2 is 1.84 bits per heavy atom. The molecule has 0 saturated carbocycles. The van der Waals surface area contributed by atoms with Crippen LogP contribution in [0.4, 0.5) is 17.6 Å². The van der Waals surface area contributed by atoms with Crippen molar-refractivity contribution < 1.29 is 36.3 Å². The lowest BCUT2D eigenvalue weighted by atomic mass is 10.0. The van der Waals surface area contributed by atoms with Gasteiger partial charge in [0.1, 0.15) is 17.0 Å². The number of carbonyl (C=O) groups excluding carboxylic acids is 2. The molecular weight excluding hydrogens is 498 g/mol. The summed E-state index contributed by atoms with van der Waals surface area (Å²) < 4.78 is 64.5. The molecule has 2 aromatic heterocycles. The highest BCUT2D eigenvalue weighted by Gasteiger charge is 2.38. The van der Waals surface area contributed by atoms with E-state index in [1.807, 2.05) is 0 Å². The fraction of sp³-hybridized carbons (Fsp3) is 0.417. The number of oxazole rings is 1. The number of methoxy groups -OCH3 is 1. The van der Waals surface area contributed by atoms with Gasteiger partial charge in [0.25, 0.3) is 11.8 Å². The summed E-state index contributed by atoms with van der Waals surface area (Å²) in [4.78, 5) is 34.4. The normalized spacial score (nSPS) is 15.4. The molecule has 9 nitrogen and oxygen atoms in total. The first kappa shape index (κ1) is 26.3. The maximum atomic E-state index is 13.8. The molecule has 0 radical (unpaired) electrons. The number of alkyl halides is 4. The van der Waals surface area contributed by atoms with E-state index >= 15 is 0 Å². The molecule has 2 amide bonds. The van der Waals surface area contributed by atoms with E-state index in [0.29, 0.717) is 0 Å². The molecule has 1 aliphatic heterocycles. The van der Waals surface area contributed by atoms with Crippen LogP contribution >= 0.6 is 0 Å². The summed E-state index contributed by atoms with van der Waals surface area (Å²) >= 11 is 0. The summed E-state index contributed by atoms with van der Waals surface area (Å²) in [7, 11) is 1.31. The maximum Gasteiger partial charge on any atom is 0.433 e. The molecule has 3 N–H and O–H groups in total. The van der Waals surface area contributed by atoms with Gasteiger partial charge >= 0.3 is 6.18 Å². The molecule has 0 spiro atoms. The second-order valence-electron chi connectivity index (χ2n) is 9.28. The van der Waals surface area contributed by atoms with Crippen LogP contribution in [-0.4, -0.2) is 58.6 Å². The highest BCUT2D eigenvalue weighted by molar-refractivity contribution is 5.98. The van der Waals surface area contributed by atoms with Gasteiger partial charge in [-0.05, 0) is 45.0 Å². The number of fused-ring (bicyclic) bond motifs is 1. The molecule has 198 valence electrons. The number of rotatable bonds is 6. The minimum absolute atomic E-state index is 0.0329. The van der Waals surface area contributed by atoms with Crippen LogP contribution in [0.2, 0.25) is 0 Å². The third kappa shape index (κ3) is 5.08. The van der Waals surface area contributed by atoms with E-state index in [2.05, 4.69) is 15.3 Å². The number of amides is 2. The Morgan fingerprint density at radius 1 is 1.16 bits per heavy atom. The van der Waals surface area contributed by atoms with E-state index in [1.54, 1.807) is 6.92 Å². The molecule has 1 aliphatic rings. The van der Waals surface area contributed by atoms with Gasteiger partial charge in [0.15, 0.2) is 17.1 Å². The van der Waals surface area contributed by atoms with Crippen molar-refractivity contribution in [2.75, 3.05) is 20.2 Å². The van der Waals surface area contributed by atoms with Crippen LogP contribution in [0.25, 0.3) is 22.4 Å². The van der Waals surface area contributed by atoms with Crippen LogP contribution in [0.15, 0.2) is 28.7 Å². The smallest absolute Gasteiger partial charge is 0.433 e. The van der Waals surface area contributed by atoms with Crippen molar-refractivity contribution >= 4 is 22.7 Å². The summed E-state index contributed by atoms with van der Waals surface area (Å²) in [5, 5.41) is 2.80. The van der Waals surface area contributed by atoms with E-state index in [0.717, 1.165) is 19.9 Å². The topological polar surface area (TPSA) is 124 Å². The molecule has 1 fully saturated rings. The number of nitrogens with zero attached hydrogens (tertiary/aromatic N) is 3. The van der Waals surface area contributed by atoms with E-state index < -0.39 is 41.4 Å². The number of nitrogens with two attached hydrogens (primary N) is 1. The number of carbonyl (C=O) groups is 2. The number of aromatic nitrogens is 2. The fourth-order valence-corrected chi connectivity index (χ4v) is 3.85. The zero-order chi connectivity index (χ0) is 27.3. The number of ether oxygens (including phenoxy) is 1. The first-order valence-electron chi connectivity index (χ1n) is 11.3. The highest BCUT2D eigenvalue weighted by Crippen LogP contribution is 2.37. The molecule has 37 heavy (non-hydrogen) atoms. The highest BCUT2D eigenvalue weighted by atomic mass is 19.4. The third-order valence-electron chi connectivity index (χ3n) is 5.87. The standard InChI is InChI=1S/C24H25F4N5O4/c1-11(29)19-18(21(34)33-9-12(10-33)30-22(35)23(2,3)25)32-20(37-19)14-5-7-15(36-4)17-13(14)6-8-16(31-17)24(26,27)28/h5-8,11-12H,9-10,29H2,1-4H3,(H,30,35)/t11-/m0/s1. The minimum atomic E-state index is -4.66. The van der Waals surface area contributed by atoms with E-state index in [-0.39, 0.29) is 52.7 Å². The Labute approximate surface area is 209 Å². The molecular formula is C24H25F4N5O4. The van der Waals surface area contributed by atoms with Gasteiger partial charge in [-0.3, -0.25) is 9.59 Å². The molecule has 0 bridgehead atoms. The van der Waals surface area contributed by atoms with Crippen LogP contribution in [0.5, 0.6) is 5.75 Å². The predicted molar refractivity (Wildman–Crippen MR) is 124 cm³/mol. The molecule has 0 unspecified atom stereocenters. The van der Waals surface area contributed by atoms with Crippen molar-refractivity contribution in [2.24, 2.45) is 5.73 Å². The lowest BCUT2D eigenvalue weighted by Gasteiger charge is -2.39. The largest absolute Gasteiger partial charge is 0.494 e. The van der Waals surface area contributed by atoms with Gasteiger partial charge < -0.3 is 25.1 Å². The van der Waals surface area contributed by atoms with Crippen LogP contribution in [0, 0.1) is 0 Å². The van der Waals surface area contributed by atoms with Gasteiger partial charge in [-0.2, -0.15) is 13.2 Å². The molecule has 3 aromatic rings. The number of halogens is 4. The Kier molecular flexibility index (Phi) is 6.61. The maximum absolute atomic E-state index is 13.8. The van der Waals surface area contributed by atoms with Gasteiger partial charge in [-0.1, -0.05) is 0 Å². The van der Waals surface area contributed by atoms with Gasteiger partial charge in [-0.15, -0.1) is 0 Å². The quantitative estimate of drug-likeness (QED) is 0.473. The molecule has 3 heterocycles. The number of hydrogen-bond donors (Lipinski definition) is 2. The van der Waals surface area contributed by atoms with E-state index in [1.165, 1.54) is 30.2 Å². The third-order valence-corrected chi connectivity index (χ3v) is 5.87. The van der Waals surface area contributed by atoms with Crippen molar-refractivity contribution in [3.05, 3.63) is 41.4 Å². The average molecular weight is 523 g/mol. The van der Waals surface area contributed by atoms with Gasteiger partial charge in [-0.25, -0.2) is 14.4 Å². The predicted octanol–water partition coefficient (Wildman–Crippen LogP) is 3.63. The monoisotopic (exact) mass is 523 g/mol. The first-order valence-corrected chi connectivity index (χ1v) is 11.3. The zero-order valence-corrected chi connectivity index (χ0v) is 20.4. The van der Waals surface area contributed by atoms with Gasteiger partial charge in [0.2, 0.25) is 5.89 Å². The second-order valence-corrected chi connectivity index (χ2v) is 9.28. The molecule has 0 aliphatic carbocycles. The van der Waals surface area contributed by atoms with Crippen molar-refractivity contribution in [3.63, 3.8) is 0 Å². The summed E-state index contributed by atoms with van der Waals surface area (Å²) in [5.41, 5.74) is 3.03. The molecule has 1 atom stereocenters. The summed E-state index contributed by atoms with van der Waals surface area (Å²) in [6.07, 6.45) is -4.66. The summed E-state index contributed by atoms with van der Waals surface area (Å²) in [5.74, 6) is -1.12. The van der Waals surface area contributed by atoms with E-state index in [4.69, 9.17) is 14.9 Å². The number of benzene rings is 1. The van der Waals surface area contributed by atoms with Crippen molar-refractivity contribution in [3.8, 4) is 17.2 Å². The summed E-state index contributed by atoms with van der Waals surface area (Å²) in [6, 6.07) is 3.88. The van der Waals surface area contributed by atoms with Crippen molar-refractivity contribution in [2.45, 2.75) is 44.7 Å². The summed E-state index contributed by atoms with van der Waals surface area (Å²) in [6.45, 7) is 4.14. The Bertz CT molecular complexity index is 1360. The lowest BCUT2D eigenvalue weighted by Crippen LogP contribution is -2.62. The van der Waals surface area contributed by atoms with Crippen LogP contribution in [0.3, 0.4) is 0 Å². The van der Waals surface area contributed by atoms with Crippen molar-refractivity contribution in [1.82, 2.24) is 20.2 Å². The van der Waals surface area contributed by atoms with Gasteiger partial charge in [0, 0.05) is 24.0 Å². The second kappa shape index (κ2) is 9.29. The molecule has 1 saturated heterocycles. The molecule has 13 heteroatoms. The van der Waals surface area contributed by atoms with Crippen LogP contribution in [0.1, 0.15) is 48.8 Å². The molecule has 1 aromatic carbocycles. The lowest BCUT2D eigenvalue weighted by molar-refractivity contribution is -0.141. The number of hydrogen-bond acceptors (Lipinski definition) is 7. The van der Waals surface area contributed by atoms with E-state index in [9.17, 15) is 27.2 Å². The average Bonchev–Trinajstić information content (AvgIpc) is 3.24. The zero-order valence-electron chi connectivity index (χ0n) is 20.4. The van der Waals surface area contributed by atoms with Crippen molar-refractivity contribution in [1.29, 1.82) is 0 Å². The Hall–Kier alpha value is -3.74. The Balaban J connectivity index is 1.66. The molecule has 4 rings (SSSR count). The number of nitrogens with one attached hydrogen (secondary N) is 1. The minimum Gasteiger partial charge on any atom is -0.494 e. The van der Waals surface area contributed by atoms with Crippen LogP contribution in [-0.2, 0) is 11.0 Å². The SMILES string of the molecule is COc1ccc(-c2nc(C(=O)N3CC(NC(=O)C(C)(C)F)C3)c([C@H](C)N)o2)c2ccc(C(F)(F)F)nc12.